The van der Waals surface area contributed by atoms with Gasteiger partial charge in [0.1, 0.15) is 0 Å². The first-order valence-corrected chi connectivity index (χ1v) is 7.80. The summed E-state index contributed by atoms with van der Waals surface area (Å²) < 4.78 is 61.9. The Balaban J connectivity index is 2.43. The molecule has 3 nitrogen and oxygen atoms in total. The molecule has 1 aliphatic rings. The van der Waals surface area contributed by atoms with Gasteiger partial charge in [-0.15, -0.1) is 0 Å². The van der Waals surface area contributed by atoms with Crippen molar-refractivity contribution in [1.82, 2.24) is 0 Å². The lowest BCUT2D eigenvalue weighted by atomic mass is 9.70. The van der Waals surface area contributed by atoms with Crippen LogP contribution in [0.3, 0.4) is 0 Å². The highest BCUT2D eigenvalue weighted by atomic mass is 32.2. The van der Waals surface area contributed by atoms with Crippen LogP contribution in [0.25, 0.3) is 0 Å². The van der Waals surface area contributed by atoms with Gasteiger partial charge in [-0.2, -0.15) is 21.6 Å². The van der Waals surface area contributed by atoms with Crippen LogP contribution in [0.1, 0.15) is 46.5 Å². The predicted molar refractivity (Wildman–Crippen MR) is 65.8 cm³/mol. The number of alkyl halides is 3. The van der Waals surface area contributed by atoms with Gasteiger partial charge in [-0.25, -0.2) is 0 Å². The predicted octanol–water partition coefficient (Wildman–Crippen LogP) is 3.71. The summed E-state index contributed by atoms with van der Waals surface area (Å²) in [6, 6.07) is 0. The Bertz CT molecular complexity index is 387. The zero-order chi connectivity index (χ0) is 14.9. The third kappa shape index (κ3) is 4.63. The van der Waals surface area contributed by atoms with Gasteiger partial charge in [0, 0.05) is 0 Å². The fourth-order valence-corrected chi connectivity index (χ4v) is 2.95. The van der Waals surface area contributed by atoms with Crippen molar-refractivity contribution in [2.45, 2.75) is 52.0 Å². The van der Waals surface area contributed by atoms with E-state index in [4.69, 9.17) is 0 Å². The van der Waals surface area contributed by atoms with Gasteiger partial charge in [0.25, 0.3) is 0 Å². The van der Waals surface area contributed by atoms with E-state index in [-0.39, 0.29) is 17.9 Å². The highest BCUT2D eigenvalue weighted by Gasteiger charge is 2.47. The van der Waals surface area contributed by atoms with Crippen molar-refractivity contribution >= 4 is 10.1 Å². The summed E-state index contributed by atoms with van der Waals surface area (Å²) in [5, 5.41) is 0. The van der Waals surface area contributed by atoms with Gasteiger partial charge in [0.2, 0.25) is 0 Å². The molecule has 0 aliphatic heterocycles. The average molecular weight is 302 g/mol. The van der Waals surface area contributed by atoms with E-state index in [1.54, 1.807) is 0 Å². The Morgan fingerprint density at radius 2 is 1.53 bits per heavy atom. The highest BCUT2D eigenvalue weighted by Crippen LogP contribution is 2.40. The number of hydrogen-bond donors (Lipinski definition) is 0. The van der Waals surface area contributed by atoms with Crippen LogP contribution in [0.4, 0.5) is 13.2 Å². The molecule has 0 aromatic rings. The topological polar surface area (TPSA) is 43.4 Å². The van der Waals surface area contributed by atoms with Crippen molar-refractivity contribution in [2.75, 3.05) is 6.61 Å². The standard InChI is InChI=1S/C12H21F3O3S/c1-11(2,3)10-6-4-9(5-7-10)8-18-19(16,17)12(13,14)15/h9-10H,4-8H2,1-3H3. The van der Waals surface area contributed by atoms with E-state index in [9.17, 15) is 21.6 Å². The first-order chi connectivity index (χ1) is 8.43. The summed E-state index contributed by atoms with van der Waals surface area (Å²) in [5.41, 5.74) is -5.14. The molecule has 1 saturated carbocycles. The van der Waals surface area contributed by atoms with Gasteiger partial charge in [0.15, 0.2) is 0 Å². The zero-order valence-corrected chi connectivity index (χ0v) is 12.3. The molecule has 0 bridgehead atoms. The minimum atomic E-state index is -5.44. The van der Waals surface area contributed by atoms with E-state index >= 15 is 0 Å². The van der Waals surface area contributed by atoms with Crippen LogP contribution < -0.4 is 0 Å². The second kappa shape index (κ2) is 5.60. The fraction of sp³-hybridized carbons (Fsp3) is 1.00. The molecule has 0 amide bonds. The monoisotopic (exact) mass is 302 g/mol. The molecule has 7 heteroatoms. The maximum atomic E-state index is 12.1. The minimum absolute atomic E-state index is 0.101. The summed E-state index contributed by atoms with van der Waals surface area (Å²) in [4.78, 5) is 0. The lowest BCUT2D eigenvalue weighted by Gasteiger charge is -2.36. The summed E-state index contributed by atoms with van der Waals surface area (Å²) in [6.07, 6.45) is 3.25. The van der Waals surface area contributed by atoms with Gasteiger partial charge < -0.3 is 0 Å². The van der Waals surface area contributed by atoms with Crippen LogP contribution in [-0.2, 0) is 14.3 Å². The summed E-state index contributed by atoms with van der Waals surface area (Å²) in [5.74, 6) is 0.429. The van der Waals surface area contributed by atoms with Crippen molar-refractivity contribution < 1.29 is 25.8 Å². The van der Waals surface area contributed by atoms with E-state index in [1.807, 2.05) is 0 Å². The molecule has 1 aliphatic carbocycles. The summed E-state index contributed by atoms with van der Waals surface area (Å²) in [7, 11) is -5.44. The molecule has 0 radical (unpaired) electrons. The van der Waals surface area contributed by atoms with Gasteiger partial charge in [-0.05, 0) is 42.9 Å². The van der Waals surface area contributed by atoms with E-state index in [0.717, 1.165) is 25.7 Å². The van der Waals surface area contributed by atoms with Crippen LogP contribution >= 0.6 is 0 Å². The van der Waals surface area contributed by atoms with Crippen LogP contribution in [0, 0.1) is 17.3 Å². The van der Waals surface area contributed by atoms with Crippen molar-refractivity contribution in [3.05, 3.63) is 0 Å². The van der Waals surface area contributed by atoms with E-state index < -0.39 is 15.6 Å². The lowest BCUT2D eigenvalue weighted by molar-refractivity contribution is -0.0555. The molecule has 1 fully saturated rings. The van der Waals surface area contributed by atoms with Crippen LogP contribution in [0.15, 0.2) is 0 Å². The van der Waals surface area contributed by atoms with Crippen molar-refractivity contribution in [3.8, 4) is 0 Å². The molecular weight excluding hydrogens is 281 g/mol. The van der Waals surface area contributed by atoms with Crippen molar-refractivity contribution in [3.63, 3.8) is 0 Å². The van der Waals surface area contributed by atoms with Gasteiger partial charge in [-0.3, -0.25) is 4.18 Å². The number of halogens is 3. The molecule has 1 rings (SSSR count). The molecule has 19 heavy (non-hydrogen) atoms. The average Bonchev–Trinajstić information content (AvgIpc) is 2.24. The Labute approximate surface area is 112 Å². The van der Waals surface area contributed by atoms with E-state index in [0.29, 0.717) is 5.92 Å². The van der Waals surface area contributed by atoms with Crippen molar-refractivity contribution in [2.24, 2.45) is 17.3 Å². The number of rotatable bonds is 3. The lowest BCUT2D eigenvalue weighted by Crippen LogP contribution is -2.30. The van der Waals surface area contributed by atoms with E-state index in [1.165, 1.54) is 0 Å². The highest BCUT2D eigenvalue weighted by molar-refractivity contribution is 7.87. The Kier molecular flexibility index (Phi) is 4.93. The molecule has 0 unspecified atom stereocenters. The fourth-order valence-electron chi connectivity index (χ4n) is 2.45. The SMILES string of the molecule is CC(C)(C)C1CCC(COS(=O)(=O)C(F)(F)F)CC1. The molecule has 0 aromatic carbocycles. The Hall–Kier alpha value is -0.300. The molecular formula is C12H21F3O3S. The summed E-state index contributed by atoms with van der Waals surface area (Å²) in [6.45, 7) is 6.06. The minimum Gasteiger partial charge on any atom is -0.263 e. The second-order valence-corrected chi connectivity index (χ2v) is 7.87. The van der Waals surface area contributed by atoms with Gasteiger partial charge in [-0.1, -0.05) is 20.8 Å². The molecule has 0 aromatic heterocycles. The van der Waals surface area contributed by atoms with Gasteiger partial charge in [0.05, 0.1) is 6.61 Å². The first kappa shape index (κ1) is 16.8. The molecule has 114 valence electrons. The van der Waals surface area contributed by atoms with Crippen LogP contribution in [0.5, 0.6) is 0 Å². The van der Waals surface area contributed by atoms with Crippen LogP contribution in [0.2, 0.25) is 0 Å². The second-order valence-electron chi connectivity index (χ2n) is 6.27. The maximum Gasteiger partial charge on any atom is 0.523 e. The first-order valence-electron chi connectivity index (χ1n) is 6.39. The quantitative estimate of drug-likeness (QED) is 0.589. The molecule has 0 atom stereocenters. The van der Waals surface area contributed by atoms with Gasteiger partial charge >= 0.3 is 15.6 Å². The van der Waals surface area contributed by atoms with Crippen LogP contribution in [-0.4, -0.2) is 20.5 Å². The molecule has 0 saturated heterocycles. The summed E-state index contributed by atoms with van der Waals surface area (Å²) >= 11 is 0. The normalized spacial score (nSPS) is 26.4. The largest absolute Gasteiger partial charge is 0.523 e. The van der Waals surface area contributed by atoms with Crippen molar-refractivity contribution in [1.29, 1.82) is 0 Å². The smallest absolute Gasteiger partial charge is 0.263 e. The Morgan fingerprint density at radius 1 is 1.05 bits per heavy atom. The molecule has 0 N–H and O–H groups in total. The zero-order valence-electron chi connectivity index (χ0n) is 11.5. The molecule has 0 heterocycles. The third-order valence-electron chi connectivity index (χ3n) is 3.81. The third-order valence-corrected chi connectivity index (χ3v) is 4.83. The number of hydrogen-bond acceptors (Lipinski definition) is 3. The molecule has 0 spiro atoms. The Morgan fingerprint density at radius 3 is 1.89 bits per heavy atom. The van der Waals surface area contributed by atoms with E-state index in [2.05, 4.69) is 25.0 Å². The maximum absolute atomic E-state index is 12.1.